The van der Waals surface area contributed by atoms with Crippen LogP contribution in [0.5, 0.6) is 0 Å². The van der Waals surface area contributed by atoms with Gasteiger partial charge in [-0.15, -0.1) is 0 Å². The molecule has 140 valence electrons. The van der Waals surface area contributed by atoms with Crippen LogP contribution in [0.2, 0.25) is 0 Å². The molecule has 4 rings (SSSR count). The van der Waals surface area contributed by atoms with Crippen molar-refractivity contribution >= 4 is 16.8 Å². The lowest BCUT2D eigenvalue weighted by molar-refractivity contribution is -0.122. The number of likely N-dealkylation sites (tertiary alicyclic amines) is 1. The number of amides is 1. The first kappa shape index (κ1) is 17.6. The highest BCUT2D eigenvalue weighted by atomic mass is 16.5. The van der Waals surface area contributed by atoms with E-state index in [1.54, 1.807) is 0 Å². The van der Waals surface area contributed by atoms with E-state index in [0.29, 0.717) is 6.54 Å². The maximum atomic E-state index is 12.6. The molecule has 5 nitrogen and oxygen atoms in total. The third kappa shape index (κ3) is 3.94. The van der Waals surface area contributed by atoms with Crippen LogP contribution in [0.3, 0.4) is 0 Å². The summed E-state index contributed by atoms with van der Waals surface area (Å²) in [6, 6.07) is 10.3. The zero-order valence-corrected chi connectivity index (χ0v) is 15.5. The Morgan fingerprint density at radius 1 is 1.12 bits per heavy atom. The van der Waals surface area contributed by atoms with Gasteiger partial charge >= 0.3 is 0 Å². The molecule has 3 heterocycles. The second-order valence-corrected chi connectivity index (χ2v) is 7.87. The van der Waals surface area contributed by atoms with E-state index >= 15 is 0 Å². The van der Waals surface area contributed by atoms with Crippen LogP contribution < -0.4 is 5.32 Å². The van der Waals surface area contributed by atoms with Crippen molar-refractivity contribution in [3.8, 4) is 0 Å². The first-order valence-corrected chi connectivity index (χ1v) is 9.85. The predicted molar refractivity (Wildman–Crippen MR) is 103 cm³/mol. The number of benzene rings is 1. The molecule has 0 saturated carbocycles. The number of para-hydroxylation sites is 1. The fourth-order valence-electron chi connectivity index (χ4n) is 4.39. The standard InChI is InChI=1S/C21H29N3O2/c25-20(15-24-12-7-18-5-1-2-6-19(18)24)22-16-21(8-13-26-14-9-21)17-23-10-3-4-11-23/h1-2,5-7,12H,3-4,8-11,13-17H2,(H,22,25). The average molecular weight is 355 g/mol. The SMILES string of the molecule is O=C(Cn1ccc2ccccc21)NCC1(CN2CCCC2)CCOCC1. The van der Waals surface area contributed by atoms with E-state index in [2.05, 4.69) is 28.4 Å². The molecule has 2 fully saturated rings. The summed E-state index contributed by atoms with van der Waals surface area (Å²) in [6.45, 7) is 6.24. The Kier molecular flexibility index (Phi) is 5.27. The summed E-state index contributed by atoms with van der Waals surface area (Å²) in [5.41, 5.74) is 1.28. The summed E-state index contributed by atoms with van der Waals surface area (Å²) in [5, 5.41) is 4.40. The molecule has 0 aliphatic carbocycles. The van der Waals surface area contributed by atoms with E-state index in [4.69, 9.17) is 4.74 Å². The largest absolute Gasteiger partial charge is 0.381 e. The second kappa shape index (κ2) is 7.80. The summed E-state index contributed by atoms with van der Waals surface area (Å²) in [7, 11) is 0. The van der Waals surface area contributed by atoms with Gasteiger partial charge in [-0.1, -0.05) is 18.2 Å². The van der Waals surface area contributed by atoms with Gasteiger partial charge in [0, 0.05) is 43.4 Å². The molecule has 2 aliphatic heterocycles. The monoisotopic (exact) mass is 355 g/mol. The molecule has 26 heavy (non-hydrogen) atoms. The van der Waals surface area contributed by atoms with Gasteiger partial charge in [0.05, 0.1) is 0 Å². The van der Waals surface area contributed by atoms with Crippen molar-refractivity contribution in [1.29, 1.82) is 0 Å². The van der Waals surface area contributed by atoms with E-state index < -0.39 is 0 Å². The molecule has 0 radical (unpaired) electrons. The highest BCUT2D eigenvalue weighted by Crippen LogP contribution is 2.32. The van der Waals surface area contributed by atoms with E-state index in [1.807, 2.05) is 22.9 Å². The predicted octanol–water partition coefficient (Wildman–Crippen LogP) is 2.65. The Morgan fingerprint density at radius 2 is 1.88 bits per heavy atom. The molecule has 2 aliphatic rings. The maximum Gasteiger partial charge on any atom is 0.239 e. The highest BCUT2D eigenvalue weighted by molar-refractivity contribution is 5.83. The normalized spacial score (nSPS) is 20.5. The molecular weight excluding hydrogens is 326 g/mol. The smallest absolute Gasteiger partial charge is 0.239 e. The molecule has 1 amide bonds. The molecular formula is C21H29N3O2. The minimum Gasteiger partial charge on any atom is -0.381 e. The molecule has 2 aromatic rings. The zero-order chi connectivity index (χ0) is 17.8. The quantitative estimate of drug-likeness (QED) is 0.867. The molecule has 0 atom stereocenters. The van der Waals surface area contributed by atoms with Crippen LogP contribution in [-0.2, 0) is 16.1 Å². The number of nitrogens with zero attached hydrogens (tertiary/aromatic N) is 2. The number of fused-ring (bicyclic) bond motifs is 1. The Labute approximate surface area is 155 Å². The van der Waals surface area contributed by atoms with Crippen LogP contribution in [0.1, 0.15) is 25.7 Å². The number of carbonyl (C=O) groups is 1. The average Bonchev–Trinajstić information content (AvgIpc) is 3.31. The zero-order valence-electron chi connectivity index (χ0n) is 15.5. The molecule has 0 spiro atoms. The first-order valence-electron chi connectivity index (χ1n) is 9.85. The Morgan fingerprint density at radius 3 is 2.69 bits per heavy atom. The number of carbonyl (C=O) groups excluding carboxylic acids is 1. The van der Waals surface area contributed by atoms with Gasteiger partial charge in [-0.2, -0.15) is 0 Å². The maximum absolute atomic E-state index is 12.6. The number of rotatable bonds is 6. The van der Waals surface area contributed by atoms with Crippen molar-refractivity contribution in [1.82, 2.24) is 14.8 Å². The lowest BCUT2D eigenvalue weighted by atomic mass is 9.79. The molecule has 1 aromatic carbocycles. The third-order valence-electron chi connectivity index (χ3n) is 5.97. The van der Waals surface area contributed by atoms with Gasteiger partial charge in [0.15, 0.2) is 0 Å². The fourth-order valence-corrected chi connectivity index (χ4v) is 4.39. The fraction of sp³-hybridized carbons (Fsp3) is 0.571. The number of nitrogens with one attached hydrogen (secondary N) is 1. The molecule has 0 unspecified atom stereocenters. The lowest BCUT2D eigenvalue weighted by Crippen LogP contribution is -2.48. The van der Waals surface area contributed by atoms with Crippen molar-refractivity contribution < 1.29 is 9.53 Å². The molecule has 2 saturated heterocycles. The van der Waals surface area contributed by atoms with Gasteiger partial charge in [0.1, 0.15) is 6.54 Å². The van der Waals surface area contributed by atoms with Crippen molar-refractivity contribution in [2.45, 2.75) is 32.2 Å². The number of aromatic nitrogens is 1. The molecule has 1 aromatic heterocycles. The van der Waals surface area contributed by atoms with E-state index in [0.717, 1.165) is 44.7 Å². The number of hydrogen-bond acceptors (Lipinski definition) is 3. The van der Waals surface area contributed by atoms with E-state index in [-0.39, 0.29) is 11.3 Å². The second-order valence-electron chi connectivity index (χ2n) is 7.87. The summed E-state index contributed by atoms with van der Waals surface area (Å²) in [5.74, 6) is 0.0960. The minimum absolute atomic E-state index is 0.0960. The van der Waals surface area contributed by atoms with Crippen LogP contribution in [0.4, 0.5) is 0 Å². The van der Waals surface area contributed by atoms with Crippen LogP contribution in [0, 0.1) is 5.41 Å². The molecule has 1 N–H and O–H groups in total. The van der Waals surface area contributed by atoms with Gasteiger partial charge in [-0.25, -0.2) is 0 Å². The van der Waals surface area contributed by atoms with E-state index in [1.165, 1.54) is 31.3 Å². The molecule has 5 heteroatoms. The van der Waals surface area contributed by atoms with Crippen LogP contribution in [0.15, 0.2) is 36.5 Å². The van der Waals surface area contributed by atoms with Crippen molar-refractivity contribution in [2.75, 3.05) is 39.4 Å². The van der Waals surface area contributed by atoms with Crippen molar-refractivity contribution in [3.05, 3.63) is 36.5 Å². The summed E-state index contributed by atoms with van der Waals surface area (Å²) >= 11 is 0. The van der Waals surface area contributed by atoms with Gasteiger partial charge in [0.2, 0.25) is 5.91 Å². The van der Waals surface area contributed by atoms with Crippen LogP contribution in [-0.4, -0.2) is 54.8 Å². The van der Waals surface area contributed by atoms with Crippen molar-refractivity contribution in [3.63, 3.8) is 0 Å². The topological polar surface area (TPSA) is 46.5 Å². The van der Waals surface area contributed by atoms with Gasteiger partial charge in [-0.05, 0) is 56.3 Å². The first-order chi connectivity index (χ1) is 12.7. The minimum atomic E-state index is 0.0960. The van der Waals surface area contributed by atoms with Crippen LogP contribution in [0.25, 0.3) is 10.9 Å². The van der Waals surface area contributed by atoms with Crippen molar-refractivity contribution in [2.24, 2.45) is 5.41 Å². The van der Waals surface area contributed by atoms with E-state index in [9.17, 15) is 4.79 Å². The van der Waals surface area contributed by atoms with Crippen LogP contribution >= 0.6 is 0 Å². The summed E-state index contributed by atoms with van der Waals surface area (Å²) in [4.78, 5) is 15.2. The number of ether oxygens (including phenoxy) is 1. The molecule has 0 bridgehead atoms. The van der Waals surface area contributed by atoms with Gasteiger partial charge in [0.25, 0.3) is 0 Å². The Bertz CT molecular complexity index is 743. The van der Waals surface area contributed by atoms with Gasteiger partial charge in [-0.3, -0.25) is 4.79 Å². The Balaban J connectivity index is 1.37. The summed E-state index contributed by atoms with van der Waals surface area (Å²) in [6.07, 6.45) is 6.68. The number of hydrogen-bond donors (Lipinski definition) is 1. The Hall–Kier alpha value is -1.85. The lowest BCUT2D eigenvalue weighted by Gasteiger charge is -2.40. The summed E-state index contributed by atoms with van der Waals surface area (Å²) < 4.78 is 7.62. The highest BCUT2D eigenvalue weighted by Gasteiger charge is 2.35. The third-order valence-corrected chi connectivity index (χ3v) is 5.97. The van der Waals surface area contributed by atoms with Gasteiger partial charge < -0.3 is 19.5 Å².